The molecule has 136 valence electrons. The molecule has 0 saturated carbocycles. The third kappa shape index (κ3) is 2.89. The third-order valence-corrected chi connectivity index (χ3v) is 4.71. The Morgan fingerprint density at radius 1 is 1.14 bits per heavy atom. The second kappa shape index (κ2) is 6.97. The molecular formula is C22H16N4O2. The molecule has 1 N–H and O–H groups in total. The number of methoxy groups -OCH3 is 1. The fraction of sp³-hybridized carbons (Fsp3) is 0.0909. The van der Waals surface area contributed by atoms with Crippen LogP contribution in [0.1, 0.15) is 11.1 Å². The van der Waals surface area contributed by atoms with Crippen molar-refractivity contribution in [3.63, 3.8) is 0 Å². The van der Waals surface area contributed by atoms with Crippen molar-refractivity contribution in [2.24, 2.45) is 0 Å². The number of aromatic nitrogens is 3. The van der Waals surface area contributed by atoms with Crippen LogP contribution in [0.25, 0.3) is 33.4 Å². The minimum atomic E-state index is -0.113. The number of hydrogen-bond donors (Lipinski definition) is 1. The summed E-state index contributed by atoms with van der Waals surface area (Å²) < 4.78 is 5.25. The van der Waals surface area contributed by atoms with Gasteiger partial charge in [-0.3, -0.25) is 4.79 Å². The van der Waals surface area contributed by atoms with Gasteiger partial charge in [0.15, 0.2) is 5.43 Å². The van der Waals surface area contributed by atoms with Crippen LogP contribution in [0.5, 0.6) is 5.88 Å². The SMILES string of the molecule is COc1cc(-c2cc3c(=O)cc[nH]c3nc2-c2cccc(C#N)c2C)ccn1. The molecule has 0 radical (unpaired) electrons. The molecule has 1 aromatic carbocycles. The van der Waals surface area contributed by atoms with Crippen LogP contribution >= 0.6 is 0 Å². The molecule has 4 rings (SSSR count). The maximum atomic E-state index is 12.4. The van der Waals surface area contributed by atoms with Crippen LogP contribution in [-0.4, -0.2) is 22.1 Å². The Kier molecular flexibility index (Phi) is 4.34. The van der Waals surface area contributed by atoms with Crippen molar-refractivity contribution in [3.8, 4) is 34.3 Å². The Hall–Kier alpha value is -3.98. The Balaban J connectivity index is 2.10. The number of H-pyrrole nitrogens is 1. The van der Waals surface area contributed by atoms with Crippen molar-refractivity contribution in [3.05, 3.63) is 76.2 Å². The zero-order valence-corrected chi connectivity index (χ0v) is 15.4. The van der Waals surface area contributed by atoms with Gasteiger partial charge in [0.1, 0.15) is 5.65 Å². The van der Waals surface area contributed by atoms with Crippen molar-refractivity contribution >= 4 is 11.0 Å². The Bertz CT molecular complexity index is 1300. The van der Waals surface area contributed by atoms with Crippen LogP contribution < -0.4 is 10.2 Å². The van der Waals surface area contributed by atoms with E-state index >= 15 is 0 Å². The number of nitrogens with zero attached hydrogens (tertiary/aromatic N) is 3. The monoisotopic (exact) mass is 368 g/mol. The normalized spacial score (nSPS) is 10.6. The van der Waals surface area contributed by atoms with Crippen molar-refractivity contribution < 1.29 is 4.74 Å². The van der Waals surface area contributed by atoms with Crippen LogP contribution in [0.4, 0.5) is 0 Å². The average Bonchev–Trinajstić information content (AvgIpc) is 2.73. The summed E-state index contributed by atoms with van der Waals surface area (Å²) in [6, 6.07) is 14.7. The fourth-order valence-electron chi connectivity index (χ4n) is 3.22. The van der Waals surface area contributed by atoms with Crippen LogP contribution in [-0.2, 0) is 0 Å². The second-order valence-electron chi connectivity index (χ2n) is 6.30. The van der Waals surface area contributed by atoms with E-state index in [0.29, 0.717) is 28.2 Å². The summed E-state index contributed by atoms with van der Waals surface area (Å²) in [6.45, 7) is 1.89. The third-order valence-electron chi connectivity index (χ3n) is 4.71. The number of nitriles is 1. The Labute approximate surface area is 161 Å². The summed E-state index contributed by atoms with van der Waals surface area (Å²) in [7, 11) is 1.55. The predicted octanol–water partition coefficient (Wildman–Crippen LogP) is 3.84. The van der Waals surface area contributed by atoms with Gasteiger partial charge < -0.3 is 9.72 Å². The molecule has 0 bridgehead atoms. The number of aromatic amines is 1. The maximum absolute atomic E-state index is 12.4. The van der Waals surface area contributed by atoms with E-state index in [1.54, 1.807) is 31.6 Å². The number of ether oxygens (including phenoxy) is 1. The molecule has 6 heteroatoms. The van der Waals surface area contributed by atoms with E-state index in [1.807, 2.05) is 31.2 Å². The van der Waals surface area contributed by atoms with E-state index in [9.17, 15) is 10.1 Å². The number of rotatable bonds is 3. The lowest BCUT2D eigenvalue weighted by Gasteiger charge is -2.14. The van der Waals surface area contributed by atoms with E-state index in [-0.39, 0.29) is 5.43 Å². The molecule has 0 atom stereocenters. The summed E-state index contributed by atoms with van der Waals surface area (Å²) in [4.78, 5) is 24.3. The molecule has 3 aromatic heterocycles. The molecule has 0 unspecified atom stereocenters. The van der Waals surface area contributed by atoms with Crippen LogP contribution in [0.3, 0.4) is 0 Å². The standard InChI is InChI=1S/C22H16N4O2/c1-13-15(12-23)4-3-5-16(13)21-17(14-6-8-24-20(10-14)28-2)11-18-19(27)7-9-25-22(18)26-21/h3-11H,1-2H3,(H,25,26,27). The average molecular weight is 368 g/mol. The molecule has 6 nitrogen and oxygen atoms in total. The van der Waals surface area contributed by atoms with Gasteiger partial charge in [-0.05, 0) is 36.2 Å². The van der Waals surface area contributed by atoms with Crippen LogP contribution in [0.2, 0.25) is 0 Å². The first-order chi connectivity index (χ1) is 13.6. The maximum Gasteiger partial charge on any atom is 0.213 e. The first-order valence-corrected chi connectivity index (χ1v) is 8.65. The lowest BCUT2D eigenvalue weighted by molar-refractivity contribution is 0.398. The van der Waals surface area contributed by atoms with Crippen molar-refractivity contribution in [2.45, 2.75) is 6.92 Å². The summed E-state index contributed by atoms with van der Waals surface area (Å²) in [5.74, 6) is 0.466. The first kappa shape index (κ1) is 17.4. The molecule has 4 aromatic rings. The van der Waals surface area contributed by atoms with Gasteiger partial charge >= 0.3 is 0 Å². The van der Waals surface area contributed by atoms with Crippen molar-refractivity contribution in [1.82, 2.24) is 15.0 Å². The number of hydrogen-bond acceptors (Lipinski definition) is 5. The Morgan fingerprint density at radius 3 is 2.79 bits per heavy atom. The van der Waals surface area contributed by atoms with E-state index < -0.39 is 0 Å². The van der Waals surface area contributed by atoms with Gasteiger partial charge in [0, 0.05) is 35.7 Å². The number of fused-ring (bicyclic) bond motifs is 1. The van der Waals surface area contributed by atoms with E-state index in [1.165, 1.54) is 6.07 Å². The van der Waals surface area contributed by atoms with Gasteiger partial charge in [-0.1, -0.05) is 12.1 Å². The molecule has 0 amide bonds. The lowest BCUT2D eigenvalue weighted by Crippen LogP contribution is -2.04. The molecule has 0 aliphatic heterocycles. The largest absolute Gasteiger partial charge is 0.481 e. The molecule has 0 spiro atoms. The Morgan fingerprint density at radius 2 is 2.00 bits per heavy atom. The number of pyridine rings is 3. The van der Waals surface area contributed by atoms with Crippen LogP contribution in [0, 0.1) is 18.3 Å². The van der Waals surface area contributed by atoms with Gasteiger partial charge in [0.05, 0.1) is 29.8 Å². The molecule has 0 aliphatic rings. The van der Waals surface area contributed by atoms with Gasteiger partial charge in [-0.25, -0.2) is 9.97 Å². The molecule has 0 aliphatic carbocycles. The van der Waals surface area contributed by atoms with E-state index in [0.717, 1.165) is 22.3 Å². The van der Waals surface area contributed by atoms with Crippen molar-refractivity contribution in [1.29, 1.82) is 5.26 Å². The highest BCUT2D eigenvalue weighted by Crippen LogP contribution is 2.35. The quantitative estimate of drug-likeness (QED) is 0.593. The highest BCUT2D eigenvalue weighted by molar-refractivity contribution is 5.91. The predicted molar refractivity (Wildman–Crippen MR) is 107 cm³/mol. The lowest BCUT2D eigenvalue weighted by atomic mass is 9.94. The number of nitrogens with one attached hydrogen (secondary N) is 1. The molecule has 0 fully saturated rings. The summed E-state index contributed by atoms with van der Waals surface area (Å²) in [6.07, 6.45) is 3.23. The minimum absolute atomic E-state index is 0.113. The zero-order chi connectivity index (χ0) is 19.7. The van der Waals surface area contributed by atoms with Crippen molar-refractivity contribution in [2.75, 3.05) is 7.11 Å². The van der Waals surface area contributed by atoms with Gasteiger partial charge in [-0.15, -0.1) is 0 Å². The smallest absolute Gasteiger partial charge is 0.213 e. The zero-order valence-electron chi connectivity index (χ0n) is 15.4. The van der Waals surface area contributed by atoms with Gasteiger partial charge in [0.2, 0.25) is 5.88 Å². The molecular weight excluding hydrogens is 352 g/mol. The molecule has 0 saturated heterocycles. The first-order valence-electron chi connectivity index (χ1n) is 8.65. The topological polar surface area (TPSA) is 91.7 Å². The summed E-state index contributed by atoms with van der Waals surface area (Å²) >= 11 is 0. The highest BCUT2D eigenvalue weighted by Gasteiger charge is 2.16. The fourth-order valence-corrected chi connectivity index (χ4v) is 3.22. The molecule has 28 heavy (non-hydrogen) atoms. The van der Waals surface area contributed by atoms with E-state index in [2.05, 4.69) is 16.0 Å². The van der Waals surface area contributed by atoms with E-state index in [4.69, 9.17) is 9.72 Å². The number of benzene rings is 1. The summed E-state index contributed by atoms with van der Waals surface area (Å²) in [5.41, 5.74) is 4.89. The highest BCUT2D eigenvalue weighted by atomic mass is 16.5. The minimum Gasteiger partial charge on any atom is -0.481 e. The van der Waals surface area contributed by atoms with Gasteiger partial charge in [0.25, 0.3) is 0 Å². The summed E-state index contributed by atoms with van der Waals surface area (Å²) in [5, 5.41) is 9.90. The van der Waals surface area contributed by atoms with Crippen LogP contribution in [0.15, 0.2) is 59.7 Å². The van der Waals surface area contributed by atoms with Gasteiger partial charge in [-0.2, -0.15) is 5.26 Å². The second-order valence-corrected chi connectivity index (χ2v) is 6.30. The molecule has 3 heterocycles.